The zero-order valence-electron chi connectivity index (χ0n) is 9.12. The minimum Gasteiger partial charge on any atom is -0.478 e. The average Bonchev–Trinajstić information content (AvgIpc) is 2.35. The van der Waals surface area contributed by atoms with E-state index in [-0.39, 0.29) is 25.8 Å². The maximum atomic E-state index is 11.2. The maximum Gasteiger partial charge on any atom is 0.336 e. The van der Waals surface area contributed by atoms with Gasteiger partial charge < -0.3 is 5.11 Å². The minimum atomic E-state index is -1.12. The molecule has 0 bridgehead atoms. The number of carboxylic acid groups (broad SMARTS) is 1. The maximum absolute atomic E-state index is 11.2. The summed E-state index contributed by atoms with van der Waals surface area (Å²) in [5, 5.41) is 9.93. The standard InChI is InChI=1S/C12H5Cl4NO2/c13-8-1-5(2-9(14)11(8)16)7-4-17-10(15)3-6(7)12(18)19/h1-4H,(H,18,19). The van der Waals surface area contributed by atoms with Crippen LogP contribution >= 0.6 is 46.4 Å². The molecule has 0 atom stereocenters. The highest BCUT2D eigenvalue weighted by molar-refractivity contribution is 6.48. The van der Waals surface area contributed by atoms with E-state index in [0.717, 1.165) is 0 Å². The molecule has 0 unspecified atom stereocenters. The molecule has 0 fully saturated rings. The van der Waals surface area contributed by atoms with Crippen molar-refractivity contribution >= 4 is 52.4 Å². The summed E-state index contributed by atoms with van der Waals surface area (Å²) >= 11 is 23.4. The van der Waals surface area contributed by atoms with Crippen LogP contribution in [0.4, 0.5) is 0 Å². The van der Waals surface area contributed by atoms with E-state index in [1.165, 1.54) is 24.4 Å². The Kier molecular flexibility index (Phi) is 4.21. The van der Waals surface area contributed by atoms with Crippen LogP contribution in [0.15, 0.2) is 24.4 Å². The van der Waals surface area contributed by atoms with Gasteiger partial charge in [-0.05, 0) is 23.8 Å². The summed E-state index contributed by atoms with van der Waals surface area (Å²) in [6, 6.07) is 4.30. The minimum absolute atomic E-state index is 0.00876. The Labute approximate surface area is 128 Å². The topological polar surface area (TPSA) is 50.2 Å². The fourth-order valence-corrected chi connectivity index (χ4v) is 2.30. The Morgan fingerprint density at radius 1 is 1.05 bits per heavy atom. The molecule has 0 aliphatic heterocycles. The predicted octanol–water partition coefficient (Wildman–Crippen LogP) is 5.06. The molecule has 0 saturated carbocycles. The number of pyridine rings is 1. The van der Waals surface area contributed by atoms with Crippen molar-refractivity contribution in [1.29, 1.82) is 0 Å². The largest absolute Gasteiger partial charge is 0.478 e. The van der Waals surface area contributed by atoms with Crippen LogP contribution in [0.5, 0.6) is 0 Å². The van der Waals surface area contributed by atoms with E-state index < -0.39 is 5.97 Å². The van der Waals surface area contributed by atoms with Crippen LogP contribution in [-0.4, -0.2) is 16.1 Å². The molecule has 0 amide bonds. The molecule has 0 aliphatic carbocycles. The first-order chi connectivity index (χ1) is 8.90. The van der Waals surface area contributed by atoms with E-state index in [9.17, 15) is 4.79 Å². The Morgan fingerprint density at radius 2 is 1.63 bits per heavy atom. The SMILES string of the molecule is O=C(O)c1cc(Cl)ncc1-c1cc(Cl)c(Cl)c(Cl)c1. The van der Waals surface area contributed by atoms with Crippen molar-refractivity contribution in [3.8, 4) is 11.1 Å². The number of hydrogen-bond acceptors (Lipinski definition) is 2. The second-order valence-corrected chi connectivity index (χ2v) is 5.19. The van der Waals surface area contributed by atoms with Crippen molar-refractivity contribution in [3.05, 3.63) is 50.2 Å². The normalized spacial score (nSPS) is 10.5. The fraction of sp³-hybridized carbons (Fsp3) is 0. The van der Waals surface area contributed by atoms with Crippen molar-refractivity contribution in [2.24, 2.45) is 0 Å². The summed E-state index contributed by atoms with van der Waals surface area (Å²) in [7, 11) is 0. The molecule has 0 radical (unpaired) electrons. The van der Waals surface area contributed by atoms with Crippen molar-refractivity contribution < 1.29 is 9.90 Å². The van der Waals surface area contributed by atoms with E-state index in [0.29, 0.717) is 11.1 Å². The summed E-state index contributed by atoms with van der Waals surface area (Å²) in [5.74, 6) is -1.12. The van der Waals surface area contributed by atoms with Crippen LogP contribution in [0, 0.1) is 0 Å². The molecule has 2 rings (SSSR count). The smallest absolute Gasteiger partial charge is 0.336 e. The van der Waals surface area contributed by atoms with Crippen molar-refractivity contribution in [1.82, 2.24) is 4.98 Å². The lowest BCUT2D eigenvalue weighted by atomic mass is 10.0. The van der Waals surface area contributed by atoms with Gasteiger partial charge in [0.05, 0.1) is 20.6 Å². The van der Waals surface area contributed by atoms with E-state index in [1.54, 1.807) is 0 Å². The number of carboxylic acids is 1. The van der Waals surface area contributed by atoms with Gasteiger partial charge >= 0.3 is 5.97 Å². The lowest BCUT2D eigenvalue weighted by molar-refractivity contribution is 0.0697. The van der Waals surface area contributed by atoms with Gasteiger partial charge in [-0.1, -0.05) is 46.4 Å². The van der Waals surface area contributed by atoms with Gasteiger partial charge in [-0.15, -0.1) is 0 Å². The van der Waals surface area contributed by atoms with Crippen LogP contribution < -0.4 is 0 Å². The molecule has 0 aliphatic rings. The summed E-state index contributed by atoms with van der Waals surface area (Å²) < 4.78 is 0. The van der Waals surface area contributed by atoms with Crippen LogP contribution in [0.25, 0.3) is 11.1 Å². The summed E-state index contributed by atoms with van der Waals surface area (Å²) in [5.41, 5.74) is 0.868. The van der Waals surface area contributed by atoms with Crippen LogP contribution in [0.2, 0.25) is 20.2 Å². The van der Waals surface area contributed by atoms with Gasteiger partial charge in [0, 0.05) is 11.8 Å². The highest BCUT2D eigenvalue weighted by atomic mass is 35.5. The molecule has 1 aromatic carbocycles. The molecule has 3 nitrogen and oxygen atoms in total. The highest BCUT2D eigenvalue weighted by Gasteiger charge is 2.15. The van der Waals surface area contributed by atoms with E-state index in [4.69, 9.17) is 51.5 Å². The Balaban J connectivity index is 2.68. The Hall–Kier alpha value is -1.000. The van der Waals surface area contributed by atoms with Gasteiger partial charge in [0.2, 0.25) is 0 Å². The van der Waals surface area contributed by atoms with E-state index >= 15 is 0 Å². The molecule has 2 aromatic rings. The number of aromatic carboxylic acids is 1. The molecule has 7 heteroatoms. The number of nitrogens with zero attached hydrogens (tertiary/aromatic N) is 1. The van der Waals surface area contributed by atoms with Crippen LogP contribution in [0.1, 0.15) is 10.4 Å². The van der Waals surface area contributed by atoms with Crippen LogP contribution in [-0.2, 0) is 0 Å². The Bertz CT molecular complexity index is 650. The first-order valence-corrected chi connectivity index (χ1v) is 6.45. The number of hydrogen-bond donors (Lipinski definition) is 1. The molecule has 1 aromatic heterocycles. The number of halogens is 4. The van der Waals surface area contributed by atoms with Gasteiger partial charge in [-0.25, -0.2) is 9.78 Å². The van der Waals surface area contributed by atoms with Crippen molar-refractivity contribution in [2.75, 3.05) is 0 Å². The number of carbonyl (C=O) groups is 1. The first-order valence-electron chi connectivity index (χ1n) is 4.94. The zero-order valence-corrected chi connectivity index (χ0v) is 12.1. The molecule has 98 valence electrons. The van der Waals surface area contributed by atoms with E-state index in [2.05, 4.69) is 4.98 Å². The zero-order chi connectivity index (χ0) is 14.2. The molecule has 1 N–H and O–H groups in total. The second-order valence-electron chi connectivity index (χ2n) is 3.61. The third kappa shape index (κ3) is 2.95. The third-order valence-corrected chi connectivity index (χ3v) is 3.80. The first kappa shape index (κ1) is 14.4. The number of benzene rings is 1. The van der Waals surface area contributed by atoms with Gasteiger partial charge in [0.1, 0.15) is 5.15 Å². The lowest BCUT2D eigenvalue weighted by Crippen LogP contribution is -2.00. The molecule has 1 heterocycles. The van der Waals surface area contributed by atoms with Gasteiger partial charge in [0.25, 0.3) is 0 Å². The van der Waals surface area contributed by atoms with Gasteiger partial charge in [0.15, 0.2) is 0 Å². The van der Waals surface area contributed by atoms with Gasteiger partial charge in [-0.2, -0.15) is 0 Å². The fourth-order valence-electron chi connectivity index (χ4n) is 1.55. The lowest BCUT2D eigenvalue weighted by Gasteiger charge is -2.08. The van der Waals surface area contributed by atoms with Crippen LogP contribution in [0.3, 0.4) is 0 Å². The molecular formula is C12H5Cl4NO2. The molecule has 19 heavy (non-hydrogen) atoms. The molecular weight excluding hydrogens is 332 g/mol. The summed E-state index contributed by atoms with van der Waals surface area (Å²) in [6.45, 7) is 0. The van der Waals surface area contributed by atoms with Gasteiger partial charge in [-0.3, -0.25) is 0 Å². The monoisotopic (exact) mass is 335 g/mol. The average molecular weight is 337 g/mol. The third-order valence-electron chi connectivity index (χ3n) is 2.40. The summed E-state index contributed by atoms with van der Waals surface area (Å²) in [6.07, 6.45) is 1.35. The molecule has 0 saturated heterocycles. The van der Waals surface area contributed by atoms with E-state index in [1.807, 2.05) is 0 Å². The second kappa shape index (κ2) is 5.55. The van der Waals surface area contributed by atoms with Crippen molar-refractivity contribution in [3.63, 3.8) is 0 Å². The number of aromatic nitrogens is 1. The number of rotatable bonds is 2. The predicted molar refractivity (Wildman–Crippen MR) is 76.7 cm³/mol. The highest BCUT2D eigenvalue weighted by Crippen LogP contribution is 2.36. The summed E-state index contributed by atoms with van der Waals surface area (Å²) in [4.78, 5) is 15.1. The Morgan fingerprint density at radius 3 is 2.16 bits per heavy atom. The quantitative estimate of drug-likeness (QED) is 0.616. The molecule has 0 spiro atoms. The van der Waals surface area contributed by atoms with Crippen molar-refractivity contribution in [2.45, 2.75) is 0 Å².